The molecule has 8 heteroatoms. The van der Waals surface area contributed by atoms with Crippen molar-refractivity contribution in [2.24, 2.45) is 0 Å². The number of thiazole rings is 1. The second kappa shape index (κ2) is 8.41. The monoisotopic (exact) mass is 382 g/mol. The van der Waals surface area contributed by atoms with Crippen LogP contribution in [-0.2, 0) is 11.4 Å². The number of nitrogens with one attached hydrogen (secondary N) is 2. The van der Waals surface area contributed by atoms with Crippen LogP contribution >= 0.6 is 11.3 Å². The minimum absolute atomic E-state index is 0.171. The summed E-state index contributed by atoms with van der Waals surface area (Å²) >= 11 is 1.28. The molecule has 0 spiro atoms. The van der Waals surface area contributed by atoms with Gasteiger partial charge in [0.25, 0.3) is 5.91 Å². The number of amides is 2. The average molecular weight is 382 g/mol. The molecule has 1 aromatic carbocycles. The molecule has 0 bridgehead atoms. The van der Waals surface area contributed by atoms with Crippen LogP contribution < -0.4 is 15.4 Å². The summed E-state index contributed by atoms with van der Waals surface area (Å²) in [6.07, 6.45) is 3.29. The molecule has 0 aliphatic carbocycles. The van der Waals surface area contributed by atoms with Gasteiger partial charge >= 0.3 is 0 Å². The Hall–Kier alpha value is -3.26. The molecule has 2 N–H and O–H groups in total. The van der Waals surface area contributed by atoms with Gasteiger partial charge in [0, 0.05) is 24.5 Å². The van der Waals surface area contributed by atoms with Gasteiger partial charge in [-0.3, -0.25) is 14.6 Å². The lowest BCUT2D eigenvalue weighted by atomic mass is 10.2. The van der Waals surface area contributed by atoms with Gasteiger partial charge in [-0.15, -0.1) is 11.3 Å². The SMILES string of the molecule is CC(=O)Nc1cccc(NC(=O)c2sc(COc3cccnc3)nc2C)c1. The molecule has 138 valence electrons. The maximum Gasteiger partial charge on any atom is 0.267 e. The number of benzene rings is 1. The summed E-state index contributed by atoms with van der Waals surface area (Å²) in [7, 11) is 0. The first-order valence-corrected chi connectivity index (χ1v) is 9.01. The number of ether oxygens (including phenoxy) is 1. The molecule has 7 nitrogen and oxygen atoms in total. The van der Waals surface area contributed by atoms with Crippen molar-refractivity contribution in [1.82, 2.24) is 9.97 Å². The van der Waals surface area contributed by atoms with Gasteiger partial charge in [-0.25, -0.2) is 4.98 Å². The van der Waals surface area contributed by atoms with Gasteiger partial charge in [0.1, 0.15) is 22.2 Å². The smallest absolute Gasteiger partial charge is 0.267 e. The van der Waals surface area contributed by atoms with Crippen LogP contribution in [0, 0.1) is 6.92 Å². The molecule has 0 saturated carbocycles. The second-order valence-electron chi connectivity index (χ2n) is 5.72. The first-order chi connectivity index (χ1) is 13.0. The average Bonchev–Trinajstić information content (AvgIpc) is 3.01. The summed E-state index contributed by atoms with van der Waals surface area (Å²) in [5.74, 6) is 0.221. The van der Waals surface area contributed by atoms with Gasteiger partial charge in [0.2, 0.25) is 5.91 Å². The summed E-state index contributed by atoms with van der Waals surface area (Å²) in [6.45, 7) is 3.48. The van der Waals surface area contributed by atoms with Crippen LogP contribution in [0.5, 0.6) is 5.75 Å². The Balaban J connectivity index is 1.66. The molecule has 0 aliphatic heterocycles. The van der Waals surface area contributed by atoms with Gasteiger partial charge in [-0.1, -0.05) is 6.07 Å². The number of hydrogen-bond acceptors (Lipinski definition) is 6. The number of carbonyl (C=O) groups is 2. The quantitative estimate of drug-likeness (QED) is 0.679. The third kappa shape index (κ3) is 5.11. The fourth-order valence-corrected chi connectivity index (χ4v) is 3.24. The highest BCUT2D eigenvalue weighted by Gasteiger charge is 2.16. The molecule has 3 rings (SSSR count). The van der Waals surface area contributed by atoms with Crippen molar-refractivity contribution in [3.8, 4) is 5.75 Å². The fourth-order valence-electron chi connectivity index (χ4n) is 2.37. The molecular formula is C19H18N4O3S. The third-order valence-corrected chi connectivity index (χ3v) is 4.61. The van der Waals surface area contributed by atoms with Crippen molar-refractivity contribution in [1.29, 1.82) is 0 Å². The zero-order valence-electron chi connectivity index (χ0n) is 14.9. The summed E-state index contributed by atoms with van der Waals surface area (Å²) in [5.41, 5.74) is 1.85. The van der Waals surface area contributed by atoms with E-state index in [-0.39, 0.29) is 18.4 Å². The van der Waals surface area contributed by atoms with Gasteiger partial charge in [0.15, 0.2) is 0 Å². The van der Waals surface area contributed by atoms with Crippen molar-refractivity contribution < 1.29 is 14.3 Å². The summed E-state index contributed by atoms with van der Waals surface area (Å²) < 4.78 is 5.62. The first kappa shape index (κ1) is 18.5. The number of carbonyl (C=O) groups excluding carboxylic acids is 2. The lowest BCUT2D eigenvalue weighted by Crippen LogP contribution is -2.12. The van der Waals surface area contributed by atoms with Crippen LogP contribution in [0.3, 0.4) is 0 Å². The number of pyridine rings is 1. The Labute approximate surface area is 160 Å². The molecular weight excluding hydrogens is 364 g/mol. The lowest BCUT2D eigenvalue weighted by Gasteiger charge is -2.07. The molecule has 2 heterocycles. The van der Waals surface area contributed by atoms with Gasteiger partial charge in [0.05, 0.1) is 11.9 Å². The normalized spacial score (nSPS) is 10.3. The van der Waals surface area contributed by atoms with Gasteiger partial charge in [-0.2, -0.15) is 0 Å². The number of hydrogen-bond donors (Lipinski definition) is 2. The lowest BCUT2D eigenvalue weighted by molar-refractivity contribution is -0.114. The minimum atomic E-state index is -0.252. The maximum absolute atomic E-state index is 12.6. The van der Waals surface area contributed by atoms with Gasteiger partial charge < -0.3 is 15.4 Å². The maximum atomic E-state index is 12.6. The van der Waals surface area contributed by atoms with E-state index in [1.807, 2.05) is 6.07 Å². The summed E-state index contributed by atoms with van der Waals surface area (Å²) in [4.78, 5) is 32.6. The molecule has 3 aromatic rings. The number of aryl methyl sites for hydroxylation is 1. The van der Waals surface area contributed by atoms with E-state index in [4.69, 9.17) is 4.74 Å². The number of rotatable bonds is 6. The van der Waals surface area contributed by atoms with E-state index >= 15 is 0 Å². The van der Waals surface area contributed by atoms with E-state index in [1.54, 1.807) is 49.6 Å². The van der Waals surface area contributed by atoms with E-state index in [1.165, 1.54) is 18.3 Å². The summed E-state index contributed by atoms with van der Waals surface area (Å²) in [6, 6.07) is 10.6. The van der Waals surface area contributed by atoms with Crippen LogP contribution in [0.1, 0.15) is 27.3 Å². The molecule has 0 saturated heterocycles. The van der Waals surface area contributed by atoms with Gasteiger partial charge in [-0.05, 0) is 37.3 Å². The molecule has 0 atom stereocenters. The zero-order chi connectivity index (χ0) is 19.2. The Morgan fingerprint density at radius 2 is 1.93 bits per heavy atom. The highest BCUT2D eigenvalue weighted by Crippen LogP contribution is 2.22. The van der Waals surface area contributed by atoms with Crippen LogP contribution in [0.25, 0.3) is 0 Å². The molecule has 0 fully saturated rings. The highest BCUT2D eigenvalue weighted by molar-refractivity contribution is 7.13. The Kier molecular flexibility index (Phi) is 5.77. The van der Waals surface area contributed by atoms with E-state index in [0.717, 1.165) is 0 Å². The molecule has 0 unspecified atom stereocenters. The fraction of sp³-hybridized carbons (Fsp3) is 0.158. The summed E-state index contributed by atoms with van der Waals surface area (Å²) in [5, 5.41) is 6.22. The van der Waals surface area contributed by atoms with E-state index in [2.05, 4.69) is 20.6 Å². The molecule has 27 heavy (non-hydrogen) atoms. The van der Waals surface area contributed by atoms with E-state index < -0.39 is 0 Å². The predicted octanol–water partition coefficient (Wildman–Crippen LogP) is 3.64. The Morgan fingerprint density at radius 3 is 2.63 bits per heavy atom. The molecule has 0 aliphatic rings. The predicted molar refractivity (Wildman–Crippen MR) is 104 cm³/mol. The van der Waals surface area contributed by atoms with Crippen molar-refractivity contribution in [2.75, 3.05) is 10.6 Å². The molecule has 0 radical (unpaired) electrons. The zero-order valence-corrected chi connectivity index (χ0v) is 15.7. The van der Waals surface area contributed by atoms with Crippen LogP contribution in [0.2, 0.25) is 0 Å². The minimum Gasteiger partial charge on any atom is -0.485 e. The topological polar surface area (TPSA) is 93.2 Å². The standard InChI is InChI=1S/C19H18N4O3S/c1-12-18(27-17(21-12)11-26-16-7-4-8-20-10-16)19(25)23-15-6-3-5-14(9-15)22-13(2)24/h3-10H,11H2,1-2H3,(H,22,24)(H,23,25). The molecule has 2 aromatic heterocycles. The Bertz CT molecular complexity index is 957. The second-order valence-corrected chi connectivity index (χ2v) is 6.80. The number of anilines is 2. The van der Waals surface area contributed by atoms with E-state index in [9.17, 15) is 9.59 Å². The van der Waals surface area contributed by atoms with Crippen molar-refractivity contribution in [2.45, 2.75) is 20.5 Å². The Morgan fingerprint density at radius 1 is 1.15 bits per heavy atom. The van der Waals surface area contributed by atoms with Crippen LogP contribution in [0.15, 0.2) is 48.8 Å². The third-order valence-electron chi connectivity index (χ3n) is 3.48. The van der Waals surface area contributed by atoms with Crippen LogP contribution in [-0.4, -0.2) is 21.8 Å². The largest absolute Gasteiger partial charge is 0.485 e. The highest BCUT2D eigenvalue weighted by atomic mass is 32.1. The van der Waals surface area contributed by atoms with E-state index in [0.29, 0.717) is 32.7 Å². The van der Waals surface area contributed by atoms with Crippen molar-refractivity contribution in [3.05, 3.63) is 64.4 Å². The number of nitrogens with zero attached hydrogens (tertiary/aromatic N) is 2. The first-order valence-electron chi connectivity index (χ1n) is 8.19. The van der Waals surface area contributed by atoms with Crippen molar-refractivity contribution >= 4 is 34.5 Å². The van der Waals surface area contributed by atoms with Crippen LogP contribution in [0.4, 0.5) is 11.4 Å². The van der Waals surface area contributed by atoms with Crippen molar-refractivity contribution in [3.63, 3.8) is 0 Å². The number of aromatic nitrogens is 2. The molecule has 2 amide bonds.